The minimum Gasteiger partial charge on any atom is -0.393 e. The van der Waals surface area contributed by atoms with Crippen LogP contribution in [-0.4, -0.2) is 37.2 Å². The van der Waals surface area contributed by atoms with E-state index in [0.717, 1.165) is 19.8 Å². The van der Waals surface area contributed by atoms with Crippen LogP contribution in [0.3, 0.4) is 0 Å². The van der Waals surface area contributed by atoms with Gasteiger partial charge in [0.2, 0.25) is 0 Å². The molecule has 0 bridgehead atoms. The molecule has 1 saturated heterocycles. The van der Waals surface area contributed by atoms with E-state index in [4.69, 9.17) is 4.74 Å². The first kappa shape index (κ1) is 7.92. The molecule has 2 fully saturated rings. The molecule has 0 aromatic heterocycles. The van der Waals surface area contributed by atoms with Crippen LogP contribution in [0.2, 0.25) is 0 Å². The number of ether oxygens (including phenoxy) is 1. The van der Waals surface area contributed by atoms with E-state index >= 15 is 0 Å². The van der Waals surface area contributed by atoms with E-state index in [2.05, 4.69) is 16.4 Å². The molecule has 1 aliphatic carbocycles. The van der Waals surface area contributed by atoms with Gasteiger partial charge in [0, 0.05) is 26.0 Å². The third-order valence-corrected chi connectivity index (χ3v) is 2.70. The molecule has 0 aromatic carbocycles. The molecule has 68 valence electrons. The van der Waals surface area contributed by atoms with Crippen molar-refractivity contribution in [1.29, 1.82) is 0 Å². The molecular formula is C9H16N2O. The summed E-state index contributed by atoms with van der Waals surface area (Å²) in [7, 11) is 1.93. The molecule has 0 radical (unpaired) electrons. The van der Waals surface area contributed by atoms with Gasteiger partial charge in [0.05, 0.1) is 18.8 Å². The van der Waals surface area contributed by atoms with Crippen LogP contribution in [0, 0.1) is 0 Å². The van der Waals surface area contributed by atoms with Crippen molar-refractivity contribution in [3.05, 3.63) is 12.4 Å². The van der Waals surface area contributed by atoms with Crippen molar-refractivity contribution in [2.45, 2.75) is 18.4 Å². The summed E-state index contributed by atoms with van der Waals surface area (Å²) in [5.41, 5.74) is 0.381. The zero-order chi connectivity index (χ0) is 8.44. The Morgan fingerprint density at radius 3 is 3.00 bits per heavy atom. The van der Waals surface area contributed by atoms with Gasteiger partial charge in [0.1, 0.15) is 0 Å². The summed E-state index contributed by atoms with van der Waals surface area (Å²) in [6, 6.07) is 0. The number of hydrogen-bond donors (Lipinski definition) is 1. The second kappa shape index (κ2) is 2.98. The fraction of sp³-hybridized carbons (Fsp3) is 0.778. The van der Waals surface area contributed by atoms with Crippen LogP contribution in [0.15, 0.2) is 12.4 Å². The summed E-state index contributed by atoms with van der Waals surface area (Å²) in [4.78, 5) is 2.41. The topological polar surface area (TPSA) is 24.5 Å². The van der Waals surface area contributed by atoms with Gasteiger partial charge in [-0.1, -0.05) is 0 Å². The Balaban J connectivity index is 1.97. The highest BCUT2D eigenvalue weighted by Gasteiger charge is 2.48. The Morgan fingerprint density at radius 2 is 2.33 bits per heavy atom. The highest BCUT2D eigenvalue weighted by atomic mass is 16.5. The second-order valence-corrected chi connectivity index (χ2v) is 3.57. The van der Waals surface area contributed by atoms with Gasteiger partial charge in [0.25, 0.3) is 0 Å². The fourth-order valence-electron chi connectivity index (χ4n) is 1.72. The maximum atomic E-state index is 5.46. The Morgan fingerprint density at radius 1 is 1.50 bits per heavy atom. The van der Waals surface area contributed by atoms with Crippen LogP contribution < -0.4 is 5.32 Å². The van der Waals surface area contributed by atoms with Gasteiger partial charge < -0.3 is 15.0 Å². The molecule has 1 aliphatic heterocycles. The molecule has 0 unspecified atom stereocenters. The van der Waals surface area contributed by atoms with Crippen molar-refractivity contribution in [3.63, 3.8) is 0 Å². The molecule has 0 amide bonds. The Hall–Kier alpha value is -0.700. The Kier molecular flexibility index (Phi) is 1.97. The maximum Gasteiger partial charge on any atom is 0.0699 e. The molecule has 12 heavy (non-hydrogen) atoms. The smallest absolute Gasteiger partial charge is 0.0699 e. The summed E-state index contributed by atoms with van der Waals surface area (Å²) >= 11 is 0. The lowest BCUT2D eigenvalue weighted by atomic mass is 10.2. The van der Waals surface area contributed by atoms with Crippen molar-refractivity contribution in [3.8, 4) is 0 Å². The molecule has 2 aliphatic rings. The number of rotatable bonds is 2. The van der Waals surface area contributed by atoms with E-state index in [9.17, 15) is 0 Å². The Labute approximate surface area is 73.4 Å². The standard InChI is InChI=1S/C9H16N2O/c1-10-4-5-11-6-7-12-8-9(11)2-3-9/h4-5,10H,2-3,6-8H2,1H3/b5-4+. The van der Waals surface area contributed by atoms with E-state index in [1.807, 2.05) is 13.2 Å². The van der Waals surface area contributed by atoms with Crippen LogP contribution in [0.5, 0.6) is 0 Å². The van der Waals surface area contributed by atoms with Gasteiger partial charge >= 0.3 is 0 Å². The molecule has 1 saturated carbocycles. The predicted octanol–water partition coefficient (Wildman–Crippen LogP) is 0.542. The van der Waals surface area contributed by atoms with Gasteiger partial charge in [-0.05, 0) is 12.8 Å². The second-order valence-electron chi connectivity index (χ2n) is 3.57. The summed E-state index contributed by atoms with van der Waals surface area (Å²) in [5.74, 6) is 0. The zero-order valence-electron chi connectivity index (χ0n) is 7.55. The van der Waals surface area contributed by atoms with Crippen molar-refractivity contribution < 1.29 is 4.74 Å². The molecule has 2 rings (SSSR count). The van der Waals surface area contributed by atoms with E-state index in [1.165, 1.54) is 12.8 Å². The van der Waals surface area contributed by atoms with Crippen molar-refractivity contribution in [1.82, 2.24) is 10.2 Å². The van der Waals surface area contributed by atoms with E-state index in [1.54, 1.807) is 0 Å². The summed E-state index contributed by atoms with van der Waals surface area (Å²) in [6.07, 6.45) is 6.73. The fourth-order valence-corrected chi connectivity index (χ4v) is 1.72. The number of hydrogen-bond acceptors (Lipinski definition) is 3. The zero-order valence-corrected chi connectivity index (χ0v) is 7.55. The highest BCUT2D eigenvalue weighted by molar-refractivity contribution is 5.08. The molecule has 3 heteroatoms. The van der Waals surface area contributed by atoms with Gasteiger partial charge in [-0.15, -0.1) is 0 Å². The quantitative estimate of drug-likeness (QED) is 0.651. The SMILES string of the molecule is CN/C=C/N1CCOCC12CC2. The monoisotopic (exact) mass is 168 g/mol. The lowest BCUT2D eigenvalue weighted by Gasteiger charge is -2.35. The largest absolute Gasteiger partial charge is 0.393 e. The third kappa shape index (κ3) is 1.29. The average molecular weight is 168 g/mol. The van der Waals surface area contributed by atoms with Crippen LogP contribution >= 0.6 is 0 Å². The van der Waals surface area contributed by atoms with Crippen molar-refractivity contribution in [2.24, 2.45) is 0 Å². The predicted molar refractivity (Wildman–Crippen MR) is 47.7 cm³/mol. The number of morpholine rings is 1. The molecule has 0 atom stereocenters. The van der Waals surface area contributed by atoms with E-state index in [-0.39, 0.29) is 0 Å². The molecule has 0 aromatic rings. The molecular weight excluding hydrogens is 152 g/mol. The van der Waals surface area contributed by atoms with Gasteiger partial charge in [0.15, 0.2) is 0 Å². The lowest BCUT2D eigenvalue weighted by Crippen LogP contribution is -2.44. The molecule has 1 N–H and O–H groups in total. The van der Waals surface area contributed by atoms with Crippen molar-refractivity contribution >= 4 is 0 Å². The van der Waals surface area contributed by atoms with Crippen LogP contribution in [0.1, 0.15) is 12.8 Å². The van der Waals surface area contributed by atoms with Gasteiger partial charge in [-0.3, -0.25) is 0 Å². The molecule has 3 nitrogen and oxygen atoms in total. The first-order valence-corrected chi connectivity index (χ1v) is 4.56. The first-order chi connectivity index (χ1) is 5.87. The van der Waals surface area contributed by atoms with Gasteiger partial charge in [-0.25, -0.2) is 0 Å². The van der Waals surface area contributed by atoms with Crippen LogP contribution in [0.4, 0.5) is 0 Å². The van der Waals surface area contributed by atoms with E-state index < -0.39 is 0 Å². The normalized spacial score (nSPS) is 26.6. The van der Waals surface area contributed by atoms with Crippen LogP contribution in [-0.2, 0) is 4.74 Å². The van der Waals surface area contributed by atoms with Gasteiger partial charge in [-0.2, -0.15) is 0 Å². The number of nitrogens with one attached hydrogen (secondary N) is 1. The first-order valence-electron chi connectivity index (χ1n) is 4.56. The third-order valence-electron chi connectivity index (χ3n) is 2.70. The van der Waals surface area contributed by atoms with Crippen LogP contribution in [0.25, 0.3) is 0 Å². The highest BCUT2D eigenvalue weighted by Crippen LogP contribution is 2.43. The summed E-state index contributed by atoms with van der Waals surface area (Å²) in [6.45, 7) is 2.83. The molecule has 1 heterocycles. The summed E-state index contributed by atoms with van der Waals surface area (Å²) in [5, 5.41) is 3.02. The average Bonchev–Trinajstić information content (AvgIpc) is 2.85. The number of nitrogens with zero attached hydrogens (tertiary/aromatic N) is 1. The molecule has 1 spiro atoms. The maximum absolute atomic E-state index is 5.46. The Bertz CT molecular complexity index is 187. The minimum atomic E-state index is 0.381. The minimum absolute atomic E-state index is 0.381. The summed E-state index contributed by atoms with van der Waals surface area (Å²) < 4.78 is 5.46. The van der Waals surface area contributed by atoms with E-state index in [0.29, 0.717) is 5.54 Å². The van der Waals surface area contributed by atoms with Crippen molar-refractivity contribution in [2.75, 3.05) is 26.8 Å². The lowest BCUT2D eigenvalue weighted by molar-refractivity contribution is 0.00405.